The summed E-state index contributed by atoms with van der Waals surface area (Å²) in [5.74, 6) is -0.00379. The van der Waals surface area contributed by atoms with Crippen molar-refractivity contribution >= 4 is 23.3 Å². The summed E-state index contributed by atoms with van der Waals surface area (Å²) in [5.41, 5.74) is 3.02. The van der Waals surface area contributed by atoms with Crippen LogP contribution in [0.1, 0.15) is 65.2 Å². The van der Waals surface area contributed by atoms with E-state index in [0.29, 0.717) is 23.6 Å². The molecule has 2 N–H and O–H groups in total. The molecule has 0 spiro atoms. The highest BCUT2D eigenvalue weighted by molar-refractivity contribution is 6.04. The number of nitrogens with one attached hydrogen (secondary N) is 2. The van der Waals surface area contributed by atoms with E-state index in [1.54, 1.807) is 22.7 Å². The molecular weight excluding hydrogens is 356 g/mol. The molecule has 2 aromatic heterocycles. The summed E-state index contributed by atoms with van der Waals surface area (Å²) in [6, 6.07) is 6.95. The van der Waals surface area contributed by atoms with Crippen molar-refractivity contribution in [2.45, 2.75) is 40.0 Å². The van der Waals surface area contributed by atoms with E-state index in [0.717, 1.165) is 17.7 Å². The van der Waals surface area contributed by atoms with Gasteiger partial charge in [0.15, 0.2) is 0 Å². The Morgan fingerprint density at radius 3 is 2.68 bits per heavy atom. The highest BCUT2D eigenvalue weighted by atomic mass is 16.2. The van der Waals surface area contributed by atoms with Crippen LogP contribution in [0.2, 0.25) is 0 Å². The molecule has 3 aromatic rings. The van der Waals surface area contributed by atoms with E-state index < -0.39 is 0 Å². The second-order valence-corrected chi connectivity index (χ2v) is 6.93. The van der Waals surface area contributed by atoms with Crippen LogP contribution in [0.5, 0.6) is 0 Å². The van der Waals surface area contributed by atoms with Crippen LogP contribution in [0.4, 0.5) is 5.69 Å². The first kappa shape index (κ1) is 19.5. The quantitative estimate of drug-likeness (QED) is 0.685. The summed E-state index contributed by atoms with van der Waals surface area (Å²) < 4.78 is 1.63. The van der Waals surface area contributed by atoms with Gasteiger partial charge in [-0.05, 0) is 43.0 Å². The second kappa shape index (κ2) is 8.16. The van der Waals surface area contributed by atoms with Crippen LogP contribution in [-0.2, 0) is 0 Å². The highest BCUT2D eigenvalue weighted by Crippen LogP contribution is 2.20. The molecule has 0 bridgehead atoms. The van der Waals surface area contributed by atoms with Crippen molar-refractivity contribution in [3.63, 3.8) is 0 Å². The lowest BCUT2D eigenvalue weighted by atomic mass is 10.1. The lowest BCUT2D eigenvalue weighted by Gasteiger charge is -2.12. The monoisotopic (exact) mass is 380 g/mol. The van der Waals surface area contributed by atoms with Crippen molar-refractivity contribution in [2.75, 3.05) is 11.9 Å². The normalized spacial score (nSPS) is 11.0. The molecule has 3 rings (SSSR count). The van der Waals surface area contributed by atoms with E-state index in [-0.39, 0.29) is 23.4 Å². The lowest BCUT2D eigenvalue weighted by Crippen LogP contribution is -2.24. The number of amides is 2. The number of carbonyl (C=O) groups excluding carboxylic acids is 2. The number of carbonyl (C=O) groups is 2. The molecule has 0 saturated heterocycles. The van der Waals surface area contributed by atoms with Gasteiger partial charge in [-0.25, -0.2) is 9.50 Å². The Bertz CT molecular complexity index is 1020. The third kappa shape index (κ3) is 4.00. The van der Waals surface area contributed by atoms with Crippen LogP contribution < -0.4 is 10.6 Å². The zero-order chi connectivity index (χ0) is 20.3. The highest BCUT2D eigenvalue weighted by Gasteiger charge is 2.17. The number of anilines is 1. The first-order valence-corrected chi connectivity index (χ1v) is 9.31. The largest absolute Gasteiger partial charge is 0.352 e. The van der Waals surface area contributed by atoms with Crippen molar-refractivity contribution in [2.24, 2.45) is 0 Å². The van der Waals surface area contributed by atoms with Gasteiger partial charge in [-0.1, -0.05) is 26.8 Å². The van der Waals surface area contributed by atoms with E-state index in [9.17, 15) is 9.59 Å². The molecule has 146 valence electrons. The predicted molar refractivity (Wildman–Crippen MR) is 107 cm³/mol. The number of hydrogen-bond donors (Lipinski definition) is 2. The zero-order valence-electron chi connectivity index (χ0n) is 16.5. The van der Waals surface area contributed by atoms with E-state index in [4.69, 9.17) is 0 Å². The minimum Gasteiger partial charge on any atom is -0.352 e. The smallest absolute Gasteiger partial charge is 0.274 e. The van der Waals surface area contributed by atoms with Crippen LogP contribution in [0.3, 0.4) is 0 Å². The third-order valence-electron chi connectivity index (χ3n) is 4.39. The predicted octanol–water partition coefficient (Wildman–Crippen LogP) is 2.95. The topological polar surface area (TPSA) is 101 Å². The molecule has 0 radical (unpaired) electrons. The van der Waals surface area contributed by atoms with Gasteiger partial charge < -0.3 is 10.6 Å². The van der Waals surface area contributed by atoms with Crippen LogP contribution in [0, 0.1) is 6.92 Å². The standard InChI is InChI=1S/C20H24N6O2/c1-5-8-21-18(27)14-7-6-13(4)15(9-14)24-19(28)16-10-17(12(2)3)26-20(25-16)22-11-23-26/h6-7,9-12H,5,8H2,1-4H3,(H,21,27)(H,24,28). The first-order valence-electron chi connectivity index (χ1n) is 9.31. The number of aromatic nitrogens is 4. The zero-order valence-corrected chi connectivity index (χ0v) is 16.5. The Labute approximate surface area is 163 Å². The van der Waals surface area contributed by atoms with Crippen LogP contribution in [-0.4, -0.2) is 37.9 Å². The van der Waals surface area contributed by atoms with Crippen LogP contribution in [0.25, 0.3) is 5.78 Å². The molecule has 0 fully saturated rings. The Hall–Kier alpha value is -3.29. The maximum absolute atomic E-state index is 12.8. The molecule has 28 heavy (non-hydrogen) atoms. The van der Waals surface area contributed by atoms with Crippen molar-refractivity contribution < 1.29 is 9.59 Å². The van der Waals surface area contributed by atoms with Crippen LogP contribution >= 0.6 is 0 Å². The minimum atomic E-state index is -0.360. The van der Waals surface area contributed by atoms with E-state index in [1.165, 1.54) is 6.33 Å². The Morgan fingerprint density at radius 1 is 1.18 bits per heavy atom. The van der Waals surface area contributed by atoms with Crippen molar-refractivity contribution in [1.29, 1.82) is 0 Å². The minimum absolute atomic E-state index is 0.145. The van der Waals surface area contributed by atoms with Gasteiger partial charge in [0.05, 0.1) is 5.69 Å². The third-order valence-corrected chi connectivity index (χ3v) is 4.39. The summed E-state index contributed by atoms with van der Waals surface area (Å²) in [6.45, 7) is 8.50. The molecule has 0 aliphatic heterocycles. The number of benzene rings is 1. The Balaban J connectivity index is 1.89. The fourth-order valence-corrected chi connectivity index (χ4v) is 2.79. The van der Waals surface area contributed by atoms with Gasteiger partial charge in [-0.2, -0.15) is 10.1 Å². The Kier molecular flexibility index (Phi) is 5.67. The fourth-order valence-electron chi connectivity index (χ4n) is 2.79. The molecular formula is C20H24N6O2. The molecule has 0 aliphatic carbocycles. The maximum Gasteiger partial charge on any atom is 0.274 e. The summed E-state index contributed by atoms with van der Waals surface area (Å²) in [4.78, 5) is 33.4. The Morgan fingerprint density at radius 2 is 1.96 bits per heavy atom. The molecule has 8 heteroatoms. The van der Waals surface area contributed by atoms with Crippen molar-refractivity contribution in [3.05, 3.63) is 53.1 Å². The van der Waals surface area contributed by atoms with E-state index >= 15 is 0 Å². The average molecular weight is 380 g/mol. The van der Waals surface area contributed by atoms with Crippen molar-refractivity contribution in [1.82, 2.24) is 24.9 Å². The van der Waals surface area contributed by atoms with Crippen LogP contribution in [0.15, 0.2) is 30.6 Å². The number of aryl methyl sites for hydroxylation is 1. The number of hydrogen-bond acceptors (Lipinski definition) is 5. The summed E-state index contributed by atoms with van der Waals surface area (Å²) >= 11 is 0. The van der Waals surface area contributed by atoms with Gasteiger partial charge in [0, 0.05) is 17.8 Å². The molecule has 0 unspecified atom stereocenters. The van der Waals surface area contributed by atoms with E-state index in [2.05, 4.69) is 25.7 Å². The fraction of sp³-hybridized carbons (Fsp3) is 0.350. The molecule has 2 heterocycles. The lowest BCUT2D eigenvalue weighted by molar-refractivity contribution is 0.0952. The summed E-state index contributed by atoms with van der Waals surface area (Å²) in [7, 11) is 0. The maximum atomic E-state index is 12.8. The van der Waals surface area contributed by atoms with Gasteiger partial charge in [0.2, 0.25) is 0 Å². The average Bonchev–Trinajstić information content (AvgIpc) is 3.15. The van der Waals surface area contributed by atoms with Gasteiger partial charge in [-0.15, -0.1) is 0 Å². The number of fused-ring (bicyclic) bond motifs is 1. The molecule has 8 nitrogen and oxygen atoms in total. The van der Waals surface area contributed by atoms with Gasteiger partial charge in [-0.3, -0.25) is 9.59 Å². The van der Waals surface area contributed by atoms with Crippen molar-refractivity contribution in [3.8, 4) is 0 Å². The summed E-state index contributed by atoms with van der Waals surface area (Å²) in [6.07, 6.45) is 2.27. The number of rotatable bonds is 6. The van der Waals surface area contributed by atoms with Gasteiger partial charge in [0.25, 0.3) is 17.6 Å². The molecule has 0 atom stereocenters. The molecule has 0 saturated carbocycles. The molecule has 2 amide bonds. The molecule has 0 aliphatic rings. The first-order chi connectivity index (χ1) is 13.4. The van der Waals surface area contributed by atoms with E-state index in [1.807, 2.05) is 33.8 Å². The second-order valence-electron chi connectivity index (χ2n) is 6.93. The van der Waals surface area contributed by atoms with Gasteiger partial charge >= 0.3 is 0 Å². The SMILES string of the molecule is CCCNC(=O)c1ccc(C)c(NC(=O)c2cc(C(C)C)n3ncnc3n2)c1. The molecule has 1 aromatic carbocycles. The van der Waals surface area contributed by atoms with Gasteiger partial charge in [0.1, 0.15) is 12.0 Å². The number of nitrogens with zero attached hydrogens (tertiary/aromatic N) is 4. The summed E-state index contributed by atoms with van der Waals surface area (Å²) in [5, 5.41) is 9.86.